The highest BCUT2D eigenvalue weighted by molar-refractivity contribution is 7.12. The van der Waals surface area contributed by atoms with Crippen molar-refractivity contribution in [3.63, 3.8) is 0 Å². The maximum absolute atomic E-state index is 11.0. The van der Waals surface area contributed by atoms with Crippen molar-refractivity contribution < 1.29 is 14.7 Å². The molecule has 1 heterocycles. The first kappa shape index (κ1) is 9.73. The minimum atomic E-state index is -1.01. The molecule has 0 atom stereocenters. The van der Waals surface area contributed by atoms with Crippen molar-refractivity contribution >= 4 is 28.9 Å². The van der Waals surface area contributed by atoms with Crippen LogP contribution in [-0.2, 0) is 4.79 Å². The van der Waals surface area contributed by atoms with E-state index in [2.05, 4.69) is 5.32 Å². The predicted molar refractivity (Wildman–Crippen MR) is 50.2 cm³/mol. The molecule has 0 unspecified atom stereocenters. The number of hydrogen-bond acceptors (Lipinski definition) is 3. The van der Waals surface area contributed by atoms with Gasteiger partial charge in [0, 0.05) is 6.42 Å². The lowest BCUT2D eigenvalue weighted by Gasteiger charge is -2.00. The third kappa shape index (κ3) is 2.29. The van der Waals surface area contributed by atoms with Gasteiger partial charge in [-0.1, -0.05) is 6.92 Å². The normalized spacial score (nSPS) is 9.62. The molecule has 1 amide bonds. The maximum Gasteiger partial charge on any atom is 0.348 e. The van der Waals surface area contributed by atoms with Gasteiger partial charge in [0.25, 0.3) is 0 Å². The van der Waals surface area contributed by atoms with Gasteiger partial charge in [-0.2, -0.15) is 0 Å². The van der Waals surface area contributed by atoms with E-state index in [9.17, 15) is 9.59 Å². The molecule has 0 aliphatic rings. The average Bonchev–Trinajstić information content (AvgIpc) is 2.52. The summed E-state index contributed by atoms with van der Waals surface area (Å²) in [6, 6.07) is 1.58. The number of hydrogen-bond donors (Lipinski definition) is 2. The van der Waals surface area contributed by atoms with E-state index < -0.39 is 5.97 Å². The molecular formula is C8H9NO3S. The number of aromatic carboxylic acids is 1. The van der Waals surface area contributed by atoms with Gasteiger partial charge in [-0.05, 0) is 11.4 Å². The summed E-state index contributed by atoms with van der Waals surface area (Å²) in [4.78, 5) is 21.7. The van der Waals surface area contributed by atoms with Crippen LogP contribution in [0.2, 0.25) is 0 Å². The Kier molecular flexibility index (Phi) is 3.02. The van der Waals surface area contributed by atoms with Crippen molar-refractivity contribution in [2.45, 2.75) is 13.3 Å². The Morgan fingerprint density at radius 1 is 1.62 bits per heavy atom. The maximum atomic E-state index is 11.0. The molecule has 0 spiro atoms. The standard InChI is InChI=1S/C8H9NO3S/c1-2-6(10)9-5-3-4-13-7(5)8(11)12/h3-4H,2H2,1H3,(H,9,10)(H,11,12). The second-order valence-corrected chi connectivity index (χ2v) is 3.29. The van der Waals surface area contributed by atoms with E-state index in [1.807, 2.05) is 0 Å². The van der Waals surface area contributed by atoms with Crippen LogP contribution in [0.4, 0.5) is 5.69 Å². The van der Waals surface area contributed by atoms with Gasteiger partial charge in [-0.3, -0.25) is 4.79 Å². The van der Waals surface area contributed by atoms with Gasteiger partial charge in [0.05, 0.1) is 5.69 Å². The third-order valence-corrected chi connectivity index (χ3v) is 2.36. The number of carbonyl (C=O) groups excluding carboxylic acids is 1. The summed E-state index contributed by atoms with van der Waals surface area (Å²) in [7, 11) is 0. The van der Waals surface area contributed by atoms with Gasteiger partial charge in [0.2, 0.25) is 5.91 Å². The van der Waals surface area contributed by atoms with Crippen LogP contribution in [0.5, 0.6) is 0 Å². The summed E-state index contributed by atoms with van der Waals surface area (Å²) in [5, 5.41) is 12.8. The van der Waals surface area contributed by atoms with Gasteiger partial charge in [-0.25, -0.2) is 4.79 Å². The van der Waals surface area contributed by atoms with E-state index in [1.165, 1.54) is 0 Å². The molecule has 0 radical (unpaired) electrons. The fourth-order valence-corrected chi connectivity index (χ4v) is 1.50. The van der Waals surface area contributed by atoms with Crippen LogP contribution in [0.15, 0.2) is 11.4 Å². The van der Waals surface area contributed by atoms with Gasteiger partial charge < -0.3 is 10.4 Å². The van der Waals surface area contributed by atoms with Gasteiger partial charge in [0.15, 0.2) is 0 Å². The van der Waals surface area contributed by atoms with E-state index in [4.69, 9.17) is 5.11 Å². The second-order valence-electron chi connectivity index (χ2n) is 2.37. The summed E-state index contributed by atoms with van der Waals surface area (Å²) < 4.78 is 0. The highest BCUT2D eigenvalue weighted by Crippen LogP contribution is 2.21. The molecule has 0 fully saturated rings. The number of carbonyl (C=O) groups is 2. The lowest BCUT2D eigenvalue weighted by Crippen LogP contribution is -2.11. The molecule has 1 aromatic rings. The number of rotatable bonds is 3. The number of thiophene rings is 1. The SMILES string of the molecule is CCC(=O)Nc1ccsc1C(=O)O. The fourth-order valence-electron chi connectivity index (χ4n) is 0.812. The van der Waals surface area contributed by atoms with Crippen molar-refractivity contribution in [3.8, 4) is 0 Å². The van der Waals surface area contributed by atoms with Crippen LogP contribution in [0.25, 0.3) is 0 Å². The molecule has 0 aliphatic heterocycles. The Balaban J connectivity index is 2.82. The predicted octanol–water partition coefficient (Wildman–Crippen LogP) is 1.79. The fraction of sp³-hybridized carbons (Fsp3) is 0.250. The quantitative estimate of drug-likeness (QED) is 0.780. The zero-order chi connectivity index (χ0) is 9.84. The molecule has 0 bridgehead atoms. The molecule has 13 heavy (non-hydrogen) atoms. The van der Waals surface area contributed by atoms with E-state index in [1.54, 1.807) is 18.4 Å². The van der Waals surface area contributed by atoms with Gasteiger partial charge >= 0.3 is 5.97 Å². The first-order valence-electron chi connectivity index (χ1n) is 3.75. The average molecular weight is 199 g/mol. The zero-order valence-corrected chi connectivity index (χ0v) is 7.85. The summed E-state index contributed by atoms with van der Waals surface area (Å²) in [6.07, 6.45) is 0.342. The summed E-state index contributed by atoms with van der Waals surface area (Å²) in [6.45, 7) is 1.71. The molecule has 0 aliphatic carbocycles. The minimum Gasteiger partial charge on any atom is -0.477 e. The van der Waals surface area contributed by atoms with Gasteiger partial charge in [0.1, 0.15) is 4.88 Å². The molecule has 70 valence electrons. The second kappa shape index (κ2) is 4.04. The molecule has 0 saturated carbocycles. The van der Waals surface area contributed by atoms with Crippen molar-refractivity contribution in [2.75, 3.05) is 5.32 Å². The van der Waals surface area contributed by atoms with Crippen LogP contribution in [0.3, 0.4) is 0 Å². The lowest BCUT2D eigenvalue weighted by molar-refractivity contribution is -0.115. The third-order valence-electron chi connectivity index (χ3n) is 1.45. The number of carboxylic acid groups (broad SMARTS) is 1. The van der Waals surface area contributed by atoms with E-state index >= 15 is 0 Å². The number of amides is 1. The Morgan fingerprint density at radius 2 is 2.31 bits per heavy atom. The summed E-state index contributed by atoms with van der Waals surface area (Å²) >= 11 is 1.10. The molecule has 1 rings (SSSR count). The molecule has 0 saturated heterocycles. The van der Waals surface area contributed by atoms with Crippen LogP contribution in [-0.4, -0.2) is 17.0 Å². The van der Waals surface area contributed by atoms with Crippen molar-refractivity contribution in [1.82, 2.24) is 0 Å². The van der Waals surface area contributed by atoms with Crippen LogP contribution in [0.1, 0.15) is 23.0 Å². The molecule has 5 heteroatoms. The van der Waals surface area contributed by atoms with Crippen LogP contribution >= 0.6 is 11.3 Å². The Morgan fingerprint density at radius 3 is 2.85 bits per heavy atom. The summed E-state index contributed by atoms with van der Waals surface area (Å²) in [5.74, 6) is -1.19. The van der Waals surface area contributed by atoms with E-state index in [0.29, 0.717) is 12.1 Å². The first-order valence-corrected chi connectivity index (χ1v) is 4.63. The highest BCUT2D eigenvalue weighted by atomic mass is 32.1. The molecule has 2 N–H and O–H groups in total. The summed E-state index contributed by atoms with van der Waals surface area (Å²) in [5.41, 5.74) is 0.379. The number of nitrogens with one attached hydrogen (secondary N) is 1. The largest absolute Gasteiger partial charge is 0.477 e. The highest BCUT2D eigenvalue weighted by Gasteiger charge is 2.12. The molecule has 4 nitrogen and oxygen atoms in total. The Hall–Kier alpha value is -1.36. The molecule has 0 aromatic carbocycles. The smallest absolute Gasteiger partial charge is 0.348 e. The molecule has 1 aromatic heterocycles. The van der Waals surface area contributed by atoms with E-state index in [0.717, 1.165) is 11.3 Å². The number of carboxylic acids is 1. The number of anilines is 1. The van der Waals surface area contributed by atoms with Crippen molar-refractivity contribution in [1.29, 1.82) is 0 Å². The van der Waals surface area contributed by atoms with Crippen molar-refractivity contribution in [3.05, 3.63) is 16.3 Å². The topological polar surface area (TPSA) is 66.4 Å². The van der Waals surface area contributed by atoms with Gasteiger partial charge in [-0.15, -0.1) is 11.3 Å². The Labute approximate surface area is 79.2 Å². The first-order chi connectivity index (χ1) is 6.15. The van der Waals surface area contributed by atoms with Crippen molar-refractivity contribution in [2.24, 2.45) is 0 Å². The monoisotopic (exact) mass is 199 g/mol. The minimum absolute atomic E-state index is 0.168. The lowest BCUT2D eigenvalue weighted by atomic mass is 10.3. The molecular weight excluding hydrogens is 190 g/mol. The Bertz CT molecular complexity index is 332. The van der Waals surface area contributed by atoms with E-state index in [-0.39, 0.29) is 10.8 Å². The van der Waals surface area contributed by atoms with Crippen LogP contribution in [0, 0.1) is 0 Å². The van der Waals surface area contributed by atoms with Crippen LogP contribution < -0.4 is 5.32 Å². The zero-order valence-electron chi connectivity index (χ0n) is 7.03.